The molecular weight excluding hydrogens is 86.1 g/mol. The van der Waals surface area contributed by atoms with Gasteiger partial charge in [-0.15, -0.1) is 0 Å². The third kappa shape index (κ3) is 5.67. The third-order valence-electron chi connectivity index (χ3n) is 0.542. The van der Waals surface area contributed by atoms with Gasteiger partial charge in [-0.3, -0.25) is 4.99 Å². The summed E-state index contributed by atoms with van der Waals surface area (Å²) in [6.45, 7) is 8.63. The first-order valence-electron chi connectivity index (χ1n) is 2.60. The van der Waals surface area contributed by atoms with Crippen molar-refractivity contribution in [3.63, 3.8) is 0 Å². The summed E-state index contributed by atoms with van der Waals surface area (Å²) in [5, 5.41) is 0. The van der Waals surface area contributed by atoms with E-state index >= 15 is 0 Å². The summed E-state index contributed by atoms with van der Waals surface area (Å²) in [4.78, 5) is 3.98. The normalized spacial score (nSPS) is 11.4. The number of aliphatic imine (C=N–C) groups is 1. The molecule has 1 heteroatoms. The Balaban J connectivity index is 3.08. The molecule has 0 aliphatic rings. The van der Waals surface area contributed by atoms with Gasteiger partial charge in [0.05, 0.1) is 0 Å². The van der Waals surface area contributed by atoms with Crippen LogP contribution in [-0.4, -0.2) is 12.8 Å². The lowest BCUT2D eigenvalue weighted by Crippen LogP contribution is -1.87. The molecule has 0 saturated carbocycles. The van der Waals surface area contributed by atoms with Gasteiger partial charge in [-0.05, 0) is 19.8 Å². The lowest BCUT2D eigenvalue weighted by Gasteiger charge is -1.88. The SMILES string of the molecule is [CH2]C(C)C=NCC. The molecule has 0 fully saturated rings. The van der Waals surface area contributed by atoms with Crippen LogP contribution in [0, 0.1) is 12.8 Å². The number of nitrogens with zero attached hydrogens (tertiary/aromatic N) is 1. The van der Waals surface area contributed by atoms with Gasteiger partial charge in [0.2, 0.25) is 0 Å². The average molecular weight is 98.2 g/mol. The lowest BCUT2D eigenvalue weighted by molar-refractivity contribution is 0.997. The van der Waals surface area contributed by atoms with Gasteiger partial charge in [0.25, 0.3) is 0 Å². The number of hydrogen-bond acceptors (Lipinski definition) is 1. The summed E-state index contributed by atoms with van der Waals surface area (Å²) in [5.74, 6) is 0.361. The minimum Gasteiger partial charge on any atom is -0.298 e. The molecule has 0 heterocycles. The Morgan fingerprint density at radius 3 is 2.57 bits per heavy atom. The van der Waals surface area contributed by atoms with Gasteiger partial charge in [-0.25, -0.2) is 0 Å². The molecule has 0 aromatic carbocycles. The van der Waals surface area contributed by atoms with Crippen LogP contribution in [0.1, 0.15) is 13.8 Å². The highest BCUT2D eigenvalue weighted by atomic mass is 14.7. The Hall–Kier alpha value is -0.330. The van der Waals surface area contributed by atoms with Crippen LogP contribution in [0.15, 0.2) is 4.99 Å². The Kier molecular flexibility index (Phi) is 3.67. The molecule has 1 atom stereocenters. The molecule has 0 N–H and O–H groups in total. The molecule has 1 radical (unpaired) electrons. The van der Waals surface area contributed by atoms with Crippen molar-refractivity contribution in [2.24, 2.45) is 10.9 Å². The van der Waals surface area contributed by atoms with E-state index < -0.39 is 0 Å². The molecule has 1 unspecified atom stereocenters. The molecule has 0 amide bonds. The molecule has 0 aromatic heterocycles. The minimum absolute atomic E-state index is 0.361. The largest absolute Gasteiger partial charge is 0.298 e. The maximum Gasteiger partial charge on any atom is 0.0357 e. The average Bonchev–Trinajstić information content (AvgIpc) is 1.61. The smallest absolute Gasteiger partial charge is 0.0357 e. The predicted molar refractivity (Wildman–Crippen MR) is 33.6 cm³/mol. The summed E-state index contributed by atoms with van der Waals surface area (Å²) in [6.07, 6.45) is 1.86. The van der Waals surface area contributed by atoms with Crippen LogP contribution in [0.2, 0.25) is 0 Å². The number of rotatable bonds is 2. The maximum absolute atomic E-state index is 3.98. The fourth-order valence-corrected chi connectivity index (χ4v) is 0.285. The van der Waals surface area contributed by atoms with E-state index in [4.69, 9.17) is 0 Å². The van der Waals surface area contributed by atoms with Crippen LogP contribution in [0.5, 0.6) is 0 Å². The molecule has 0 aliphatic heterocycles. The van der Waals surface area contributed by atoms with Gasteiger partial charge in [0.15, 0.2) is 0 Å². The maximum atomic E-state index is 3.98. The summed E-state index contributed by atoms with van der Waals surface area (Å²) in [6, 6.07) is 0. The zero-order valence-corrected chi connectivity index (χ0v) is 5.02. The van der Waals surface area contributed by atoms with E-state index in [2.05, 4.69) is 11.9 Å². The lowest BCUT2D eigenvalue weighted by atomic mass is 10.2. The highest BCUT2D eigenvalue weighted by Crippen LogP contribution is 1.82. The van der Waals surface area contributed by atoms with Gasteiger partial charge in [0.1, 0.15) is 0 Å². The molecule has 0 rings (SSSR count). The van der Waals surface area contributed by atoms with Crippen LogP contribution in [0.25, 0.3) is 0 Å². The molecular formula is C6H12N. The monoisotopic (exact) mass is 98.1 g/mol. The fourth-order valence-electron chi connectivity index (χ4n) is 0.285. The molecule has 7 heavy (non-hydrogen) atoms. The molecule has 1 nitrogen and oxygen atoms in total. The first-order valence-corrected chi connectivity index (χ1v) is 2.60. The third-order valence-corrected chi connectivity index (χ3v) is 0.542. The van der Waals surface area contributed by atoms with Crippen molar-refractivity contribution in [2.75, 3.05) is 6.54 Å². The summed E-state index contributed by atoms with van der Waals surface area (Å²) in [5.41, 5.74) is 0. The van der Waals surface area contributed by atoms with Gasteiger partial charge in [-0.1, -0.05) is 6.92 Å². The van der Waals surface area contributed by atoms with E-state index in [0.29, 0.717) is 5.92 Å². The Morgan fingerprint density at radius 2 is 2.43 bits per heavy atom. The Bertz CT molecular complexity index is 55.2. The predicted octanol–water partition coefficient (Wildman–Crippen LogP) is 1.55. The standard InChI is InChI=1S/C6H12N/c1-4-7-5-6(2)3/h5-6H,2,4H2,1,3H3. The summed E-state index contributed by atoms with van der Waals surface area (Å²) < 4.78 is 0. The summed E-state index contributed by atoms with van der Waals surface area (Å²) >= 11 is 0. The molecule has 41 valence electrons. The second-order valence-corrected chi connectivity index (χ2v) is 1.63. The van der Waals surface area contributed by atoms with E-state index in [1.54, 1.807) is 0 Å². The quantitative estimate of drug-likeness (QED) is 0.465. The molecule has 0 spiro atoms. The van der Waals surface area contributed by atoms with Gasteiger partial charge >= 0.3 is 0 Å². The van der Waals surface area contributed by atoms with Crippen LogP contribution in [-0.2, 0) is 0 Å². The molecule has 0 bridgehead atoms. The van der Waals surface area contributed by atoms with Crippen molar-refractivity contribution in [3.8, 4) is 0 Å². The van der Waals surface area contributed by atoms with Gasteiger partial charge in [0, 0.05) is 12.8 Å². The van der Waals surface area contributed by atoms with Crippen molar-refractivity contribution < 1.29 is 0 Å². The highest BCUT2D eigenvalue weighted by molar-refractivity contribution is 5.60. The van der Waals surface area contributed by atoms with Gasteiger partial charge in [-0.2, -0.15) is 0 Å². The molecule has 0 aliphatic carbocycles. The second-order valence-electron chi connectivity index (χ2n) is 1.63. The summed E-state index contributed by atoms with van der Waals surface area (Å²) in [7, 11) is 0. The highest BCUT2D eigenvalue weighted by Gasteiger charge is 1.80. The first kappa shape index (κ1) is 6.67. The van der Waals surface area contributed by atoms with Crippen LogP contribution in [0.3, 0.4) is 0 Å². The second kappa shape index (κ2) is 3.85. The topological polar surface area (TPSA) is 12.4 Å². The van der Waals surface area contributed by atoms with E-state index in [1.807, 2.05) is 20.1 Å². The minimum atomic E-state index is 0.361. The van der Waals surface area contributed by atoms with Crippen LogP contribution >= 0.6 is 0 Å². The molecule has 0 aromatic rings. The van der Waals surface area contributed by atoms with Crippen molar-refractivity contribution in [2.45, 2.75) is 13.8 Å². The Labute approximate surface area is 45.5 Å². The van der Waals surface area contributed by atoms with Crippen LogP contribution in [0.4, 0.5) is 0 Å². The zero-order valence-electron chi connectivity index (χ0n) is 5.02. The van der Waals surface area contributed by atoms with E-state index in [9.17, 15) is 0 Å². The van der Waals surface area contributed by atoms with E-state index in [0.717, 1.165) is 6.54 Å². The zero-order chi connectivity index (χ0) is 5.70. The van der Waals surface area contributed by atoms with Crippen molar-refractivity contribution >= 4 is 6.21 Å². The fraction of sp³-hybridized carbons (Fsp3) is 0.667. The van der Waals surface area contributed by atoms with Crippen LogP contribution < -0.4 is 0 Å². The van der Waals surface area contributed by atoms with E-state index in [-0.39, 0.29) is 0 Å². The Morgan fingerprint density at radius 1 is 1.86 bits per heavy atom. The number of hydrogen-bond donors (Lipinski definition) is 0. The molecule has 0 saturated heterocycles. The van der Waals surface area contributed by atoms with Crippen molar-refractivity contribution in [3.05, 3.63) is 6.92 Å². The van der Waals surface area contributed by atoms with Crippen molar-refractivity contribution in [1.29, 1.82) is 0 Å². The first-order chi connectivity index (χ1) is 3.27. The van der Waals surface area contributed by atoms with E-state index in [1.165, 1.54) is 0 Å². The van der Waals surface area contributed by atoms with Crippen molar-refractivity contribution in [1.82, 2.24) is 0 Å². The van der Waals surface area contributed by atoms with Gasteiger partial charge < -0.3 is 0 Å².